The van der Waals surface area contributed by atoms with Gasteiger partial charge in [0, 0.05) is 12.1 Å². The zero-order valence-electron chi connectivity index (χ0n) is 15.3. The van der Waals surface area contributed by atoms with Gasteiger partial charge < -0.3 is 10.1 Å². The number of hydrogen-bond donors (Lipinski definition) is 1. The third kappa shape index (κ3) is 5.47. The van der Waals surface area contributed by atoms with Crippen LogP contribution in [0.3, 0.4) is 0 Å². The van der Waals surface area contributed by atoms with Crippen molar-refractivity contribution in [2.75, 3.05) is 11.1 Å². The summed E-state index contributed by atoms with van der Waals surface area (Å²) >= 11 is 1.08. The van der Waals surface area contributed by atoms with Gasteiger partial charge in [-0.1, -0.05) is 11.8 Å². The number of ether oxygens (including phenoxy) is 1. The number of hydrogen-bond acceptors (Lipinski definition) is 7. The molecular weight excluding hydrogens is 411 g/mol. The number of halogens is 3. The van der Waals surface area contributed by atoms with Crippen molar-refractivity contribution >= 4 is 23.5 Å². The molecule has 0 bridgehead atoms. The second kappa shape index (κ2) is 8.51. The van der Waals surface area contributed by atoms with Crippen LogP contribution in [-0.2, 0) is 4.79 Å². The maximum atomic E-state index is 12.3. The molecule has 1 amide bonds. The maximum Gasteiger partial charge on any atom is 0.573 e. The normalized spacial score (nSPS) is 11.7. The molecule has 3 aromatic rings. The first-order chi connectivity index (χ1) is 13.7. The first-order valence-corrected chi connectivity index (χ1v) is 9.32. The first-order valence-electron chi connectivity index (χ1n) is 8.33. The lowest BCUT2D eigenvalue weighted by Crippen LogP contribution is -2.18. The predicted molar refractivity (Wildman–Crippen MR) is 97.8 cm³/mol. The van der Waals surface area contributed by atoms with E-state index < -0.39 is 6.36 Å². The van der Waals surface area contributed by atoms with Gasteiger partial charge in [0.15, 0.2) is 0 Å². The molecule has 0 unspecified atom stereocenters. The number of aromatic nitrogens is 6. The number of carbonyl (C=O) groups is 1. The van der Waals surface area contributed by atoms with Crippen molar-refractivity contribution in [2.45, 2.75) is 31.4 Å². The predicted octanol–water partition coefficient (Wildman–Crippen LogP) is 3.07. The van der Waals surface area contributed by atoms with Crippen LogP contribution in [0.1, 0.15) is 19.9 Å². The minimum absolute atomic E-state index is 0.0267. The number of tetrazole rings is 1. The number of rotatable bonds is 7. The molecule has 29 heavy (non-hydrogen) atoms. The summed E-state index contributed by atoms with van der Waals surface area (Å²) in [6, 6.07) is 6.84. The fourth-order valence-electron chi connectivity index (χ4n) is 2.35. The van der Waals surface area contributed by atoms with Crippen molar-refractivity contribution in [3.8, 4) is 11.4 Å². The highest BCUT2D eigenvalue weighted by atomic mass is 32.2. The van der Waals surface area contributed by atoms with Crippen molar-refractivity contribution in [3.05, 3.63) is 36.5 Å². The highest BCUT2D eigenvalue weighted by Gasteiger charge is 2.31. The van der Waals surface area contributed by atoms with E-state index >= 15 is 0 Å². The van der Waals surface area contributed by atoms with E-state index in [9.17, 15) is 18.0 Å². The van der Waals surface area contributed by atoms with E-state index in [1.165, 1.54) is 16.8 Å². The Bertz CT molecular complexity index is 970. The van der Waals surface area contributed by atoms with Crippen LogP contribution in [0, 0.1) is 0 Å². The van der Waals surface area contributed by atoms with E-state index in [4.69, 9.17) is 0 Å². The van der Waals surface area contributed by atoms with Crippen molar-refractivity contribution in [1.82, 2.24) is 30.0 Å². The molecule has 1 N–H and O–H groups in total. The number of carbonyl (C=O) groups excluding carboxylic acids is 1. The topological polar surface area (TPSA) is 99.8 Å². The molecule has 0 aliphatic rings. The van der Waals surface area contributed by atoms with Gasteiger partial charge in [-0.3, -0.25) is 4.79 Å². The van der Waals surface area contributed by atoms with Crippen molar-refractivity contribution in [1.29, 1.82) is 0 Å². The van der Waals surface area contributed by atoms with Gasteiger partial charge in [-0.25, -0.2) is 4.68 Å². The molecule has 0 saturated heterocycles. The van der Waals surface area contributed by atoms with Gasteiger partial charge in [0.1, 0.15) is 11.6 Å². The van der Waals surface area contributed by atoms with Gasteiger partial charge in [-0.2, -0.15) is 9.78 Å². The van der Waals surface area contributed by atoms with Gasteiger partial charge in [0.05, 0.1) is 17.6 Å². The number of anilines is 1. The van der Waals surface area contributed by atoms with Gasteiger partial charge in [0.25, 0.3) is 0 Å². The van der Waals surface area contributed by atoms with Gasteiger partial charge in [0.2, 0.25) is 11.1 Å². The lowest BCUT2D eigenvalue weighted by atomic mass is 10.3. The summed E-state index contributed by atoms with van der Waals surface area (Å²) in [5, 5.41) is 18.4. The molecule has 154 valence electrons. The number of nitrogens with one attached hydrogen (secondary N) is 1. The molecule has 0 aliphatic heterocycles. The van der Waals surface area contributed by atoms with Crippen molar-refractivity contribution < 1.29 is 22.7 Å². The Morgan fingerprint density at radius 1 is 1.24 bits per heavy atom. The summed E-state index contributed by atoms with van der Waals surface area (Å²) in [7, 11) is 0. The quantitative estimate of drug-likeness (QED) is 0.579. The zero-order valence-corrected chi connectivity index (χ0v) is 16.1. The molecule has 13 heteroatoms. The minimum Gasteiger partial charge on any atom is -0.406 e. The number of alkyl halides is 3. The highest BCUT2D eigenvalue weighted by molar-refractivity contribution is 7.99. The van der Waals surface area contributed by atoms with Crippen molar-refractivity contribution in [3.63, 3.8) is 0 Å². The SMILES string of the molecule is CC(C)n1nccc1NC(=O)CSc1nnnn1-c1ccc(OC(F)(F)F)cc1. The van der Waals surface area contributed by atoms with Crippen LogP contribution in [0.2, 0.25) is 0 Å². The van der Waals surface area contributed by atoms with E-state index in [1.807, 2.05) is 13.8 Å². The molecule has 0 fully saturated rings. The molecule has 0 radical (unpaired) electrons. The number of amides is 1. The molecule has 3 rings (SSSR count). The van der Waals surface area contributed by atoms with Gasteiger partial charge in [-0.05, 0) is 48.5 Å². The largest absolute Gasteiger partial charge is 0.573 e. The summed E-state index contributed by atoms with van der Waals surface area (Å²) in [4.78, 5) is 12.2. The molecule has 0 aliphatic carbocycles. The van der Waals surface area contributed by atoms with Crippen LogP contribution in [-0.4, -0.2) is 48.0 Å². The Kier molecular flexibility index (Phi) is 6.06. The maximum absolute atomic E-state index is 12.3. The molecule has 1 aromatic carbocycles. The number of nitrogens with zero attached hydrogens (tertiary/aromatic N) is 6. The standard InChI is InChI=1S/C16H16F3N7O2S/c1-10(2)25-13(7-8-20-25)21-14(27)9-29-15-22-23-24-26(15)11-3-5-12(6-4-11)28-16(17,18)19/h3-8,10H,9H2,1-2H3,(H,21,27). The summed E-state index contributed by atoms with van der Waals surface area (Å²) in [6.45, 7) is 3.88. The summed E-state index contributed by atoms with van der Waals surface area (Å²) in [5.41, 5.74) is 0.422. The zero-order chi connectivity index (χ0) is 21.0. The highest BCUT2D eigenvalue weighted by Crippen LogP contribution is 2.25. The molecule has 0 atom stereocenters. The van der Waals surface area contributed by atoms with Crippen LogP contribution >= 0.6 is 11.8 Å². The van der Waals surface area contributed by atoms with E-state index in [0.29, 0.717) is 16.7 Å². The molecule has 0 saturated carbocycles. The molecule has 9 nitrogen and oxygen atoms in total. The molecule has 2 heterocycles. The average Bonchev–Trinajstić information content (AvgIpc) is 3.28. The van der Waals surface area contributed by atoms with E-state index in [1.54, 1.807) is 16.9 Å². The number of thioether (sulfide) groups is 1. The Balaban J connectivity index is 1.63. The van der Waals surface area contributed by atoms with Crippen LogP contribution in [0.15, 0.2) is 41.7 Å². The molecule has 0 spiro atoms. The van der Waals surface area contributed by atoms with Crippen LogP contribution in [0.4, 0.5) is 19.0 Å². The lowest BCUT2D eigenvalue weighted by Gasteiger charge is -2.11. The second-order valence-electron chi connectivity index (χ2n) is 6.01. The third-order valence-electron chi connectivity index (χ3n) is 3.52. The van der Waals surface area contributed by atoms with Crippen LogP contribution in [0.5, 0.6) is 5.75 Å². The van der Waals surface area contributed by atoms with Crippen molar-refractivity contribution in [2.24, 2.45) is 0 Å². The van der Waals surface area contributed by atoms with Gasteiger partial charge in [-0.15, -0.1) is 18.3 Å². The monoisotopic (exact) mass is 427 g/mol. The first kappa shape index (κ1) is 20.6. The Labute approximate surface area is 167 Å². The average molecular weight is 427 g/mol. The Morgan fingerprint density at radius 2 is 1.97 bits per heavy atom. The molecule has 2 aromatic heterocycles. The van der Waals surface area contributed by atoms with E-state index in [0.717, 1.165) is 23.9 Å². The lowest BCUT2D eigenvalue weighted by molar-refractivity contribution is -0.274. The van der Waals surface area contributed by atoms with Gasteiger partial charge >= 0.3 is 6.36 Å². The number of benzene rings is 1. The molecular formula is C16H16F3N7O2S. The van der Waals surface area contributed by atoms with E-state index in [2.05, 4.69) is 30.7 Å². The fraction of sp³-hybridized carbons (Fsp3) is 0.312. The second-order valence-corrected chi connectivity index (χ2v) is 6.95. The minimum atomic E-state index is -4.77. The fourth-order valence-corrected chi connectivity index (χ4v) is 3.04. The Morgan fingerprint density at radius 3 is 2.62 bits per heavy atom. The summed E-state index contributed by atoms with van der Waals surface area (Å²) in [5.74, 6) is -0.0326. The Hall–Kier alpha value is -3.09. The van der Waals surface area contributed by atoms with Crippen LogP contribution in [0.25, 0.3) is 5.69 Å². The summed E-state index contributed by atoms with van der Waals surface area (Å²) < 4.78 is 43.6. The van der Waals surface area contributed by atoms with Crippen LogP contribution < -0.4 is 10.1 Å². The van der Waals surface area contributed by atoms with E-state index in [-0.39, 0.29) is 23.5 Å². The summed E-state index contributed by atoms with van der Waals surface area (Å²) in [6.07, 6.45) is -3.18. The smallest absolute Gasteiger partial charge is 0.406 e. The third-order valence-corrected chi connectivity index (χ3v) is 4.43.